The number of ether oxygens (including phenoxy) is 1. The fraction of sp³-hybridized carbons (Fsp3) is 0.471. The number of carbonyl (C=O) groups excluding carboxylic acids is 1. The van der Waals surface area contributed by atoms with Gasteiger partial charge in [0.1, 0.15) is 0 Å². The minimum Gasteiger partial charge on any atom is -0.449 e. The third-order valence-electron chi connectivity index (χ3n) is 3.83. The van der Waals surface area contributed by atoms with Gasteiger partial charge in [-0.3, -0.25) is 0 Å². The third-order valence-corrected chi connectivity index (χ3v) is 4.52. The summed E-state index contributed by atoms with van der Waals surface area (Å²) < 4.78 is 44.4. The van der Waals surface area contributed by atoms with Gasteiger partial charge >= 0.3 is 12.3 Å². The number of halogens is 4. The highest BCUT2D eigenvalue weighted by Crippen LogP contribution is 2.35. The van der Waals surface area contributed by atoms with Crippen LogP contribution >= 0.6 is 15.9 Å². The first-order valence-electron chi connectivity index (χ1n) is 7.80. The molecule has 0 saturated heterocycles. The average molecular weight is 406 g/mol. The molecule has 1 aromatic rings. The molecule has 1 aliphatic heterocycles. The average Bonchev–Trinajstić information content (AvgIpc) is 2.54. The summed E-state index contributed by atoms with van der Waals surface area (Å²) in [6.07, 6.45) is -0.714. The summed E-state index contributed by atoms with van der Waals surface area (Å²) in [5.41, 5.74) is 0.636. The monoisotopic (exact) mass is 405 g/mol. The highest BCUT2D eigenvalue weighted by atomic mass is 79.9. The SMILES string of the molecule is CCCCOC(=O)N1CC=C(c2cc(C(F)(F)F)ccc2Br)CC1. The van der Waals surface area contributed by atoms with Gasteiger partial charge < -0.3 is 9.64 Å². The lowest BCUT2D eigenvalue weighted by Gasteiger charge is -2.26. The normalized spacial score (nSPS) is 15.2. The van der Waals surface area contributed by atoms with Crippen LogP contribution in [0.4, 0.5) is 18.0 Å². The summed E-state index contributed by atoms with van der Waals surface area (Å²) in [6.45, 7) is 3.17. The molecule has 3 nitrogen and oxygen atoms in total. The van der Waals surface area contributed by atoms with Gasteiger partial charge in [0, 0.05) is 17.6 Å². The maximum absolute atomic E-state index is 12.9. The lowest BCUT2D eigenvalue weighted by Crippen LogP contribution is -2.35. The van der Waals surface area contributed by atoms with Crippen LogP contribution in [0.5, 0.6) is 0 Å². The van der Waals surface area contributed by atoms with Gasteiger partial charge in [0.05, 0.1) is 12.2 Å². The van der Waals surface area contributed by atoms with Crippen molar-refractivity contribution in [3.05, 3.63) is 39.9 Å². The first kappa shape index (κ1) is 18.8. The van der Waals surface area contributed by atoms with Gasteiger partial charge in [-0.05, 0) is 42.2 Å². The Morgan fingerprint density at radius 2 is 2.12 bits per heavy atom. The molecule has 1 heterocycles. The summed E-state index contributed by atoms with van der Waals surface area (Å²) in [4.78, 5) is 13.4. The molecule has 7 heteroatoms. The summed E-state index contributed by atoms with van der Waals surface area (Å²) in [5, 5.41) is 0. The van der Waals surface area contributed by atoms with Crippen molar-refractivity contribution < 1.29 is 22.7 Å². The number of amides is 1. The summed E-state index contributed by atoms with van der Waals surface area (Å²) >= 11 is 3.31. The predicted octanol–water partition coefficient (Wildman–Crippen LogP) is 5.49. The molecule has 24 heavy (non-hydrogen) atoms. The molecule has 1 amide bonds. The van der Waals surface area contributed by atoms with Gasteiger partial charge in [-0.25, -0.2) is 4.79 Å². The van der Waals surface area contributed by atoms with Crippen molar-refractivity contribution in [2.24, 2.45) is 0 Å². The van der Waals surface area contributed by atoms with Crippen molar-refractivity contribution in [3.8, 4) is 0 Å². The molecule has 0 spiro atoms. The number of unbranched alkanes of at least 4 members (excludes halogenated alkanes) is 1. The van der Waals surface area contributed by atoms with Crippen LogP contribution in [0.25, 0.3) is 5.57 Å². The maximum Gasteiger partial charge on any atom is 0.416 e. The molecule has 0 fully saturated rings. The molecule has 1 aliphatic rings. The molecular formula is C17H19BrF3NO2. The molecular weight excluding hydrogens is 387 g/mol. The van der Waals surface area contributed by atoms with E-state index in [1.54, 1.807) is 11.0 Å². The van der Waals surface area contributed by atoms with Crippen molar-refractivity contribution in [2.45, 2.75) is 32.4 Å². The summed E-state index contributed by atoms with van der Waals surface area (Å²) in [6, 6.07) is 3.60. The molecule has 0 N–H and O–H groups in total. The number of carbonyl (C=O) groups is 1. The number of alkyl halides is 3. The molecule has 0 aliphatic carbocycles. The van der Waals surface area contributed by atoms with Crippen molar-refractivity contribution in [1.29, 1.82) is 0 Å². The predicted molar refractivity (Wildman–Crippen MR) is 89.6 cm³/mol. The zero-order chi connectivity index (χ0) is 17.7. The zero-order valence-electron chi connectivity index (χ0n) is 13.3. The molecule has 1 aromatic carbocycles. The number of hydrogen-bond donors (Lipinski definition) is 0. The van der Waals surface area contributed by atoms with Crippen LogP contribution in [0.2, 0.25) is 0 Å². The van der Waals surface area contributed by atoms with E-state index in [0.717, 1.165) is 30.5 Å². The third kappa shape index (κ3) is 4.75. The first-order chi connectivity index (χ1) is 11.3. The van der Waals surface area contributed by atoms with Crippen LogP contribution in [-0.4, -0.2) is 30.7 Å². The fourth-order valence-corrected chi connectivity index (χ4v) is 2.92. The van der Waals surface area contributed by atoms with Crippen LogP contribution in [0, 0.1) is 0 Å². The minimum atomic E-state index is -4.38. The molecule has 0 aromatic heterocycles. The second kappa shape index (κ2) is 8.05. The van der Waals surface area contributed by atoms with Crippen LogP contribution in [-0.2, 0) is 10.9 Å². The van der Waals surface area contributed by atoms with Gasteiger partial charge in [-0.15, -0.1) is 0 Å². The van der Waals surface area contributed by atoms with E-state index in [-0.39, 0.29) is 6.09 Å². The molecule has 0 bridgehead atoms. The van der Waals surface area contributed by atoms with E-state index < -0.39 is 11.7 Å². The van der Waals surface area contributed by atoms with Gasteiger partial charge in [-0.1, -0.05) is 35.4 Å². The van der Waals surface area contributed by atoms with Crippen molar-refractivity contribution in [2.75, 3.05) is 19.7 Å². The van der Waals surface area contributed by atoms with Crippen LogP contribution in [0.1, 0.15) is 37.3 Å². The first-order valence-corrected chi connectivity index (χ1v) is 8.60. The minimum absolute atomic E-state index is 0.336. The van der Waals surface area contributed by atoms with Crippen LogP contribution < -0.4 is 0 Å². The highest BCUT2D eigenvalue weighted by Gasteiger charge is 2.31. The smallest absolute Gasteiger partial charge is 0.416 e. The largest absolute Gasteiger partial charge is 0.449 e. The van der Waals surface area contributed by atoms with E-state index in [1.807, 2.05) is 6.92 Å². The summed E-state index contributed by atoms with van der Waals surface area (Å²) in [7, 11) is 0. The number of benzene rings is 1. The highest BCUT2D eigenvalue weighted by molar-refractivity contribution is 9.10. The number of nitrogens with zero attached hydrogens (tertiary/aromatic N) is 1. The van der Waals surface area contributed by atoms with Gasteiger partial charge in [0.25, 0.3) is 0 Å². The number of hydrogen-bond acceptors (Lipinski definition) is 2. The second-order valence-electron chi connectivity index (χ2n) is 5.59. The molecule has 2 rings (SSSR count). The topological polar surface area (TPSA) is 29.5 Å². The number of rotatable bonds is 4. The second-order valence-corrected chi connectivity index (χ2v) is 6.44. The fourth-order valence-electron chi connectivity index (χ4n) is 2.42. The van der Waals surface area contributed by atoms with Crippen LogP contribution in [0.3, 0.4) is 0 Å². The Morgan fingerprint density at radius 3 is 2.71 bits per heavy atom. The van der Waals surface area contributed by atoms with Gasteiger partial charge in [0.2, 0.25) is 0 Å². The molecule has 132 valence electrons. The molecule has 0 unspecified atom stereocenters. The zero-order valence-corrected chi connectivity index (χ0v) is 14.9. The van der Waals surface area contributed by atoms with Gasteiger partial charge in [0.15, 0.2) is 0 Å². The van der Waals surface area contributed by atoms with Crippen molar-refractivity contribution in [3.63, 3.8) is 0 Å². The Balaban J connectivity index is 2.08. The summed E-state index contributed by atoms with van der Waals surface area (Å²) in [5.74, 6) is 0. The van der Waals surface area contributed by atoms with Crippen molar-refractivity contribution >= 4 is 27.6 Å². The Hall–Kier alpha value is -1.50. The standard InChI is InChI=1S/C17H19BrF3NO2/c1-2-3-10-24-16(23)22-8-6-12(7-9-22)14-11-13(17(19,20)21)4-5-15(14)18/h4-6,11H,2-3,7-10H2,1H3. The van der Waals surface area contributed by atoms with E-state index in [2.05, 4.69) is 15.9 Å². The lowest BCUT2D eigenvalue weighted by molar-refractivity contribution is -0.137. The molecule has 0 atom stereocenters. The Labute approximate surface area is 147 Å². The van der Waals surface area contributed by atoms with Crippen molar-refractivity contribution in [1.82, 2.24) is 4.90 Å². The van der Waals surface area contributed by atoms with E-state index >= 15 is 0 Å². The molecule has 0 saturated carbocycles. The maximum atomic E-state index is 12.9. The Morgan fingerprint density at radius 1 is 1.38 bits per heavy atom. The van der Waals surface area contributed by atoms with Crippen LogP contribution in [0.15, 0.2) is 28.7 Å². The van der Waals surface area contributed by atoms with E-state index in [0.29, 0.717) is 36.2 Å². The molecule has 0 radical (unpaired) electrons. The quantitative estimate of drug-likeness (QED) is 0.619. The van der Waals surface area contributed by atoms with E-state index in [9.17, 15) is 18.0 Å². The lowest BCUT2D eigenvalue weighted by atomic mass is 9.98. The van der Waals surface area contributed by atoms with Gasteiger partial charge in [-0.2, -0.15) is 13.2 Å². The van der Waals surface area contributed by atoms with E-state index in [1.165, 1.54) is 6.07 Å². The Kier molecular flexibility index (Phi) is 6.32. The Bertz CT molecular complexity index is 629. The van der Waals surface area contributed by atoms with E-state index in [4.69, 9.17) is 4.74 Å².